The first-order valence-corrected chi connectivity index (χ1v) is 8.07. The number of nitrogens with zero attached hydrogens (tertiary/aromatic N) is 2. The summed E-state index contributed by atoms with van der Waals surface area (Å²) in [5, 5.41) is 0.681. The summed E-state index contributed by atoms with van der Waals surface area (Å²) in [7, 11) is -3.50. The van der Waals surface area contributed by atoms with Crippen molar-refractivity contribution >= 4 is 26.6 Å². The first-order chi connectivity index (χ1) is 9.50. The quantitative estimate of drug-likeness (QED) is 0.857. The minimum Gasteiger partial charge on any atom is -0.398 e. The SMILES string of the molecule is CC1CCN(S(=O)(=O)c2ccc(N)c3cccnc23)C1. The first kappa shape index (κ1) is 13.3. The average molecular weight is 291 g/mol. The Morgan fingerprint density at radius 3 is 2.85 bits per heavy atom. The Bertz CT molecular complexity index is 758. The molecule has 20 heavy (non-hydrogen) atoms. The maximum Gasteiger partial charge on any atom is 0.245 e. The minimum absolute atomic E-state index is 0.247. The summed E-state index contributed by atoms with van der Waals surface area (Å²) in [6, 6.07) is 6.75. The topological polar surface area (TPSA) is 76.3 Å². The summed E-state index contributed by atoms with van der Waals surface area (Å²) in [5.74, 6) is 0.401. The summed E-state index contributed by atoms with van der Waals surface area (Å²) in [4.78, 5) is 4.46. The van der Waals surface area contributed by atoms with Crippen molar-refractivity contribution in [2.24, 2.45) is 5.92 Å². The van der Waals surface area contributed by atoms with Crippen LogP contribution in [-0.4, -0.2) is 30.8 Å². The number of hydrogen-bond acceptors (Lipinski definition) is 4. The smallest absolute Gasteiger partial charge is 0.245 e. The summed E-state index contributed by atoms with van der Waals surface area (Å²) in [5.41, 5.74) is 6.89. The maximum atomic E-state index is 12.8. The van der Waals surface area contributed by atoms with Gasteiger partial charge in [0.1, 0.15) is 4.90 Å². The van der Waals surface area contributed by atoms with Gasteiger partial charge in [-0.25, -0.2) is 8.42 Å². The van der Waals surface area contributed by atoms with Crippen LogP contribution in [0, 0.1) is 5.92 Å². The van der Waals surface area contributed by atoms with E-state index in [1.807, 2.05) is 0 Å². The van der Waals surface area contributed by atoms with Crippen LogP contribution in [0.2, 0.25) is 0 Å². The highest BCUT2D eigenvalue weighted by Gasteiger charge is 2.32. The molecule has 3 rings (SSSR count). The van der Waals surface area contributed by atoms with Crippen molar-refractivity contribution in [3.05, 3.63) is 30.5 Å². The molecule has 1 aromatic carbocycles. The highest BCUT2D eigenvalue weighted by molar-refractivity contribution is 7.89. The van der Waals surface area contributed by atoms with Crippen LogP contribution in [0.4, 0.5) is 5.69 Å². The van der Waals surface area contributed by atoms with E-state index in [0.29, 0.717) is 35.6 Å². The largest absolute Gasteiger partial charge is 0.398 e. The van der Waals surface area contributed by atoms with Gasteiger partial charge in [0.25, 0.3) is 0 Å². The molecule has 1 aliphatic heterocycles. The van der Waals surface area contributed by atoms with Gasteiger partial charge in [-0.3, -0.25) is 4.98 Å². The van der Waals surface area contributed by atoms with E-state index in [9.17, 15) is 8.42 Å². The van der Waals surface area contributed by atoms with Gasteiger partial charge in [-0.1, -0.05) is 6.92 Å². The highest BCUT2D eigenvalue weighted by Crippen LogP contribution is 2.30. The third-order valence-electron chi connectivity index (χ3n) is 3.77. The third-order valence-corrected chi connectivity index (χ3v) is 5.67. The Morgan fingerprint density at radius 1 is 1.35 bits per heavy atom. The van der Waals surface area contributed by atoms with E-state index in [1.165, 1.54) is 4.31 Å². The molecule has 2 heterocycles. The molecule has 1 unspecified atom stereocenters. The molecule has 0 saturated carbocycles. The van der Waals surface area contributed by atoms with Gasteiger partial charge in [0.05, 0.1) is 5.52 Å². The monoisotopic (exact) mass is 291 g/mol. The second-order valence-corrected chi connectivity index (χ2v) is 7.22. The normalized spacial score (nSPS) is 20.6. The zero-order chi connectivity index (χ0) is 14.3. The van der Waals surface area contributed by atoms with E-state index < -0.39 is 10.0 Å². The van der Waals surface area contributed by atoms with Crippen molar-refractivity contribution in [3.63, 3.8) is 0 Å². The number of pyridine rings is 1. The van der Waals surface area contributed by atoms with E-state index in [2.05, 4.69) is 11.9 Å². The molecule has 0 spiro atoms. The summed E-state index contributed by atoms with van der Waals surface area (Å²) in [6.45, 7) is 3.21. The molecule has 0 aliphatic carbocycles. The lowest BCUT2D eigenvalue weighted by Crippen LogP contribution is -2.29. The zero-order valence-corrected chi connectivity index (χ0v) is 12.1. The van der Waals surface area contributed by atoms with Crippen LogP contribution in [0.3, 0.4) is 0 Å². The van der Waals surface area contributed by atoms with Crippen LogP contribution in [0.1, 0.15) is 13.3 Å². The molecule has 1 atom stereocenters. The number of anilines is 1. The van der Waals surface area contributed by atoms with E-state index in [1.54, 1.807) is 30.5 Å². The Hall–Kier alpha value is -1.66. The van der Waals surface area contributed by atoms with E-state index in [-0.39, 0.29) is 4.90 Å². The number of aromatic nitrogens is 1. The lowest BCUT2D eigenvalue weighted by molar-refractivity contribution is 0.465. The van der Waals surface area contributed by atoms with Gasteiger partial charge in [-0.15, -0.1) is 0 Å². The molecule has 1 fully saturated rings. The lowest BCUT2D eigenvalue weighted by Gasteiger charge is -2.17. The number of rotatable bonds is 2. The predicted molar refractivity (Wildman–Crippen MR) is 78.7 cm³/mol. The van der Waals surface area contributed by atoms with Crippen LogP contribution < -0.4 is 5.73 Å². The number of hydrogen-bond donors (Lipinski definition) is 1. The molecule has 6 heteroatoms. The fraction of sp³-hybridized carbons (Fsp3) is 0.357. The van der Waals surface area contributed by atoms with Gasteiger partial charge in [0, 0.05) is 30.4 Å². The average Bonchev–Trinajstić information content (AvgIpc) is 2.87. The van der Waals surface area contributed by atoms with Crippen molar-refractivity contribution in [2.45, 2.75) is 18.2 Å². The molecule has 2 N–H and O–H groups in total. The standard InChI is InChI=1S/C14H17N3O2S/c1-10-6-8-17(9-10)20(18,19)13-5-4-12(15)11-3-2-7-16-14(11)13/h2-5,7,10H,6,8-9,15H2,1H3. The lowest BCUT2D eigenvalue weighted by atomic mass is 10.2. The Morgan fingerprint density at radius 2 is 2.15 bits per heavy atom. The molecule has 5 nitrogen and oxygen atoms in total. The van der Waals surface area contributed by atoms with Crippen molar-refractivity contribution in [3.8, 4) is 0 Å². The number of nitrogens with two attached hydrogens (primary N) is 1. The molecule has 2 aromatic rings. The summed E-state index contributed by atoms with van der Waals surface area (Å²) < 4.78 is 27.0. The fourth-order valence-corrected chi connectivity index (χ4v) is 4.35. The van der Waals surface area contributed by atoms with Crippen LogP contribution in [0.15, 0.2) is 35.4 Å². The first-order valence-electron chi connectivity index (χ1n) is 6.63. The molecular weight excluding hydrogens is 274 g/mol. The van der Waals surface area contributed by atoms with Gasteiger partial charge in [-0.2, -0.15) is 4.31 Å². The number of nitrogen functional groups attached to an aromatic ring is 1. The van der Waals surface area contributed by atoms with Gasteiger partial charge in [0.15, 0.2) is 0 Å². The Balaban J connectivity index is 2.17. The van der Waals surface area contributed by atoms with Crippen molar-refractivity contribution in [1.82, 2.24) is 9.29 Å². The molecule has 1 aromatic heterocycles. The Kier molecular flexibility index (Phi) is 3.14. The predicted octanol–water partition coefficient (Wildman–Crippen LogP) is 1.85. The van der Waals surface area contributed by atoms with E-state index in [0.717, 1.165) is 6.42 Å². The van der Waals surface area contributed by atoms with Crippen molar-refractivity contribution in [1.29, 1.82) is 0 Å². The molecule has 0 amide bonds. The third kappa shape index (κ3) is 2.05. The van der Waals surface area contributed by atoms with Gasteiger partial charge in [0.2, 0.25) is 10.0 Å². The number of fused-ring (bicyclic) bond motifs is 1. The van der Waals surface area contributed by atoms with Gasteiger partial charge >= 0.3 is 0 Å². The number of sulfonamides is 1. The van der Waals surface area contributed by atoms with Crippen LogP contribution in [-0.2, 0) is 10.0 Å². The summed E-state index contributed by atoms with van der Waals surface area (Å²) >= 11 is 0. The molecule has 0 radical (unpaired) electrons. The Labute approximate surface area is 118 Å². The highest BCUT2D eigenvalue weighted by atomic mass is 32.2. The van der Waals surface area contributed by atoms with Crippen molar-refractivity contribution in [2.75, 3.05) is 18.8 Å². The molecule has 1 saturated heterocycles. The second kappa shape index (κ2) is 4.71. The van der Waals surface area contributed by atoms with E-state index >= 15 is 0 Å². The molecular formula is C14H17N3O2S. The van der Waals surface area contributed by atoms with Gasteiger partial charge in [-0.05, 0) is 36.6 Å². The maximum absolute atomic E-state index is 12.8. The zero-order valence-electron chi connectivity index (χ0n) is 11.3. The summed E-state index contributed by atoms with van der Waals surface area (Å²) in [6.07, 6.45) is 2.49. The van der Waals surface area contributed by atoms with Crippen LogP contribution in [0.25, 0.3) is 10.9 Å². The fourth-order valence-electron chi connectivity index (χ4n) is 2.63. The van der Waals surface area contributed by atoms with Gasteiger partial charge < -0.3 is 5.73 Å². The van der Waals surface area contributed by atoms with Crippen LogP contribution in [0.5, 0.6) is 0 Å². The molecule has 1 aliphatic rings. The van der Waals surface area contributed by atoms with Crippen molar-refractivity contribution < 1.29 is 8.42 Å². The number of benzene rings is 1. The van der Waals surface area contributed by atoms with Crippen LogP contribution >= 0.6 is 0 Å². The molecule has 0 bridgehead atoms. The second-order valence-electron chi connectivity index (χ2n) is 5.31. The minimum atomic E-state index is -3.50. The molecule has 106 valence electrons. The van der Waals surface area contributed by atoms with E-state index in [4.69, 9.17) is 5.73 Å².